The molecule has 2 aliphatic heterocycles. The summed E-state index contributed by atoms with van der Waals surface area (Å²) in [6.07, 6.45) is 0.746. The molecule has 0 unspecified atom stereocenters. The van der Waals surface area contributed by atoms with Crippen molar-refractivity contribution >= 4 is 23.0 Å². The van der Waals surface area contributed by atoms with Gasteiger partial charge >= 0.3 is 0 Å². The van der Waals surface area contributed by atoms with Crippen molar-refractivity contribution in [2.45, 2.75) is 12.5 Å². The molecule has 3 aromatic rings. The van der Waals surface area contributed by atoms with Gasteiger partial charge in [-0.05, 0) is 42.3 Å². The molecule has 0 aromatic heterocycles. The Kier molecular flexibility index (Phi) is 5.24. The van der Waals surface area contributed by atoms with Gasteiger partial charge in [0.2, 0.25) is 5.91 Å². The van der Waals surface area contributed by atoms with E-state index in [9.17, 15) is 4.79 Å². The van der Waals surface area contributed by atoms with Gasteiger partial charge in [0.25, 0.3) is 0 Å². The smallest absolute Gasteiger partial charge is 0.229 e. The summed E-state index contributed by atoms with van der Waals surface area (Å²) in [4.78, 5) is 18.3. The number of nitrogens with zero attached hydrogens (tertiary/aromatic N) is 2. The van der Waals surface area contributed by atoms with Crippen LogP contribution in [0.15, 0.2) is 78.9 Å². The molecule has 0 spiro atoms. The molecule has 5 rings (SSSR count). The number of hydrogen-bond donors (Lipinski definition) is 1. The van der Waals surface area contributed by atoms with Gasteiger partial charge < -0.3 is 19.9 Å². The maximum atomic E-state index is 13.5. The number of hydrogen-bond acceptors (Lipinski definition) is 4. The van der Waals surface area contributed by atoms with Crippen LogP contribution in [0.1, 0.15) is 5.56 Å². The second kappa shape index (κ2) is 8.34. The highest BCUT2D eigenvalue weighted by Gasteiger charge is 2.41. The molecule has 3 aromatic carbocycles. The molecule has 1 amide bonds. The maximum absolute atomic E-state index is 13.5. The van der Waals surface area contributed by atoms with Crippen molar-refractivity contribution in [1.82, 2.24) is 0 Å². The van der Waals surface area contributed by atoms with Crippen LogP contribution in [0, 0.1) is 5.92 Å². The Labute approximate surface area is 183 Å². The van der Waals surface area contributed by atoms with Gasteiger partial charge in [-0.3, -0.25) is 4.79 Å². The molecule has 2 heterocycles. The third kappa shape index (κ3) is 3.83. The number of nitrogens with one attached hydrogen (secondary N) is 1. The zero-order valence-corrected chi connectivity index (χ0v) is 17.7. The molecule has 1 N–H and O–H groups in total. The number of anilines is 3. The van der Waals surface area contributed by atoms with Gasteiger partial charge in [0.1, 0.15) is 5.75 Å². The first-order chi connectivity index (χ1) is 15.2. The van der Waals surface area contributed by atoms with Crippen LogP contribution in [0.3, 0.4) is 0 Å². The molecule has 0 saturated carbocycles. The average molecular weight is 414 g/mol. The fourth-order valence-electron chi connectivity index (χ4n) is 4.87. The fourth-order valence-corrected chi connectivity index (χ4v) is 4.87. The van der Waals surface area contributed by atoms with E-state index in [4.69, 9.17) is 4.74 Å². The minimum Gasteiger partial charge on any atom is -0.497 e. The standard InChI is InChI=1S/C26H27N3O2/c1-31-22-12-7-9-20(17-22)27-26(30)23-16-19-8-5-6-13-24(19)29-15-14-28(18-25(23)29)21-10-3-2-4-11-21/h2-13,17,23,25H,14-16,18H2,1H3,(H,27,30)/t23-,25+/m0/s1. The third-order valence-corrected chi connectivity index (χ3v) is 6.42. The predicted octanol–water partition coefficient (Wildman–Crippen LogP) is 4.20. The van der Waals surface area contributed by atoms with E-state index in [1.165, 1.54) is 16.9 Å². The second-order valence-electron chi connectivity index (χ2n) is 8.20. The van der Waals surface area contributed by atoms with Crippen LogP contribution in [0.2, 0.25) is 0 Å². The topological polar surface area (TPSA) is 44.8 Å². The van der Waals surface area contributed by atoms with Gasteiger partial charge in [0.15, 0.2) is 0 Å². The number of rotatable bonds is 4. The Hall–Kier alpha value is -3.47. The summed E-state index contributed by atoms with van der Waals surface area (Å²) >= 11 is 0. The Morgan fingerprint density at radius 1 is 0.968 bits per heavy atom. The summed E-state index contributed by atoms with van der Waals surface area (Å²) < 4.78 is 5.31. The molecule has 0 aliphatic carbocycles. The highest BCUT2D eigenvalue weighted by Crippen LogP contribution is 2.37. The average Bonchev–Trinajstić information content (AvgIpc) is 2.83. The Morgan fingerprint density at radius 2 is 1.77 bits per heavy atom. The Bertz CT molecular complexity index is 1070. The van der Waals surface area contributed by atoms with E-state index in [-0.39, 0.29) is 17.9 Å². The largest absolute Gasteiger partial charge is 0.497 e. The summed E-state index contributed by atoms with van der Waals surface area (Å²) in [6.45, 7) is 2.67. The zero-order valence-electron chi connectivity index (χ0n) is 17.7. The number of para-hydroxylation sites is 2. The molecule has 5 heteroatoms. The zero-order chi connectivity index (χ0) is 21.2. The first kappa shape index (κ1) is 19.5. The lowest BCUT2D eigenvalue weighted by atomic mass is 9.83. The minimum atomic E-state index is -0.132. The maximum Gasteiger partial charge on any atom is 0.229 e. The van der Waals surface area contributed by atoms with Crippen LogP contribution >= 0.6 is 0 Å². The minimum absolute atomic E-state index is 0.0627. The molecule has 158 valence electrons. The molecule has 31 heavy (non-hydrogen) atoms. The summed E-state index contributed by atoms with van der Waals surface area (Å²) in [5, 5.41) is 3.14. The normalized spacial score (nSPS) is 19.9. The van der Waals surface area contributed by atoms with Crippen molar-refractivity contribution in [3.63, 3.8) is 0 Å². The van der Waals surface area contributed by atoms with Crippen LogP contribution in [0.4, 0.5) is 17.1 Å². The van der Waals surface area contributed by atoms with Crippen molar-refractivity contribution in [2.24, 2.45) is 5.92 Å². The van der Waals surface area contributed by atoms with E-state index in [0.29, 0.717) is 0 Å². The van der Waals surface area contributed by atoms with E-state index >= 15 is 0 Å². The van der Waals surface area contributed by atoms with Gasteiger partial charge in [0.05, 0.1) is 19.1 Å². The van der Waals surface area contributed by atoms with E-state index in [2.05, 4.69) is 63.6 Å². The van der Waals surface area contributed by atoms with Crippen molar-refractivity contribution in [1.29, 1.82) is 0 Å². The number of piperazine rings is 1. The van der Waals surface area contributed by atoms with Crippen molar-refractivity contribution in [3.8, 4) is 5.75 Å². The number of carbonyl (C=O) groups is 1. The lowest BCUT2D eigenvalue weighted by molar-refractivity contribution is -0.120. The van der Waals surface area contributed by atoms with E-state index in [1.54, 1.807) is 7.11 Å². The van der Waals surface area contributed by atoms with Gasteiger partial charge in [-0.1, -0.05) is 42.5 Å². The fraction of sp³-hybridized carbons (Fsp3) is 0.269. The first-order valence-corrected chi connectivity index (χ1v) is 10.8. The van der Waals surface area contributed by atoms with Gasteiger partial charge in [-0.15, -0.1) is 0 Å². The molecule has 2 atom stereocenters. The lowest BCUT2D eigenvalue weighted by Gasteiger charge is -2.49. The Morgan fingerprint density at radius 3 is 2.61 bits per heavy atom. The predicted molar refractivity (Wildman–Crippen MR) is 125 cm³/mol. The van der Waals surface area contributed by atoms with Crippen LogP contribution in [-0.2, 0) is 11.2 Å². The monoisotopic (exact) mass is 413 g/mol. The number of ether oxygens (including phenoxy) is 1. The molecular weight excluding hydrogens is 386 g/mol. The molecule has 1 saturated heterocycles. The first-order valence-electron chi connectivity index (χ1n) is 10.8. The number of amides is 1. The summed E-state index contributed by atoms with van der Waals surface area (Å²) in [5.74, 6) is 0.668. The van der Waals surface area contributed by atoms with Gasteiger partial charge in [0, 0.05) is 42.8 Å². The van der Waals surface area contributed by atoms with Crippen LogP contribution < -0.4 is 19.9 Å². The molecule has 5 nitrogen and oxygen atoms in total. The second-order valence-corrected chi connectivity index (χ2v) is 8.20. The summed E-state index contributed by atoms with van der Waals surface area (Å²) in [6, 6.07) is 26.7. The quantitative estimate of drug-likeness (QED) is 0.696. The molecular formula is C26H27N3O2. The number of fused-ring (bicyclic) bond motifs is 3. The number of methoxy groups -OCH3 is 1. The number of carbonyl (C=O) groups excluding carboxylic acids is 1. The highest BCUT2D eigenvalue weighted by molar-refractivity contribution is 5.94. The van der Waals surface area contributed by atoms with E-state index in [0.717, 1.165) is 37.5 Å². The third-order valence-electron chi connectivity index (χ3n) is 6.42. The SMILES string of the molecule is COc1cccc(NC(=O)[C@H]2Cc3ccccc3N3CCN(c4ccccc4)C[C@H]23)c1. The number of benzene rings is 3. The summed E-state index contributed by atoms with van der Waals surface area (Å²) in [7, 11) is 1.64. The molecule has 0 bridgehead atoms. The van der Waals surface area contributed by atoms with Crippen LogP contribution in [-0.4, -0.2) is 38.7 Å². The van der Waals surface area contributed by atoms with Gasteiger partial charge in [-0.2, -0.15) is 0 Å². The lowest BCUT2D eigenvalue weighted by Crippen LogP contribution is -2.60. The van der Waals surface area contributed by atoms with E-state index < -0.39 is 0 Å². The van der Waals surface area contributed by atoms with Crippen LogP contribution in [0.25, 0.3) is 0 Å². The van der Waals surface area contributed by atoms with Crippen molar-refractivity contribution < 1.29 is 9.53 Å². The van der Waals surface area contributed by atoms with Crippen LogP contribution in [0.5, 0.6) is 5.75 Å². The summed E-state index contributed by atoms with van der Waals surface area (Å²) in [5.41, 5.74) is 4.50. The molecule has 1 fully saturated rings. The molecule has 0 radical (unpaired) electrons. The highest BCUT2D eigenvalue weighted by atomic mass is 16.5. The van der Waals surface area contributed by atoms with Gasteiger partial charge in [-0.25, -0.2) is 0 Å². The van der Waals surface area contributed by atoms with Crippen molar-refractivity contribution in [3.05, 3.63) is 84.4 Å². The Balaban J connectivity index is 1.44. The van der Waals surface area contributed by atoms with Crippen molar-refractivity contribution in [2.75, 3.05) is 41.9 Å². The molecule has 2 aliphatic rings. The van der Waals surface area contributed by atoms with E-state index in [1.807, 2.05) is 30.3 Å².